The normalized spacial score (nSPS) is 19.4. The zero-order valence-electron chi connectivity index (χ0n) is 16.0. The summed E-state index contributed by atoms with van der Waals surface area (Å²) in [6.07, 6.45) is -4.58. The molecule has 0 unspecified atom stereocenters. The summed E-state index contributed by atoms with van der Waals surface area (Å²) in [6, 6.07) is 3.12. The second-order valence-corrected chi connectivity index (χ2v) is 6.72. The minimum Gasteiger partial charge on any atom is -0.359 e. The van der Waals surface area contributed by atoms with Crippen molar-refractivity contribution in [1.29, 1.82) is 0 Å². The molecule has 10 heteroatoms. The number of carbonyl (C=O) groups excluding carboxylic acids is 3. The highest BCUT2D eigenvalue weighted by molar-refractivity contribution is 6.01. The number of rotatable bonds is 5. The summed E-state index contributed by atoms with van der Waals surface area (Å²) in [4.78, 5) is 39.8. The molecule has 29 heavy (non-hydrogen) atoms. The van der Waals surface area contributed by atoms with Crippen LogP contribution >= 0.6 is 0 Å². The monoisotopic (exact) mass is 410 g/mol. The molecule has 2 heterocycles. The molecule has 0 saturated heterocycles. The largest absolute Gasteiger partial charge is 0.416 e. The van der Waals surface area contributed by atoms with E-state index < -0.39 is 29.7 Å². The topological polar surface area (TPSA) is 81.8 Å². The van der Waals surface area contributed by atoms with Crippen molar-refractivity contribution in [3.05, 3.63) is 46.7 Å². The van der Waals surface area contributed by atoms with E-state index >= 15 is 0 Å². The van der Waals surface area contributed by atoms with Crippen LogP contribution in [0.1, 0.15) is 30.5 Å². The average molecular weight is 410 g/mol. The summed E-state index contributed by atoms with van der Waals surface area (Å²) in [7, 11) is 1.48. The van der Waals surface area contributed by atoms with Gasteiger partial charge in [0.2, 0.25) is 5.91 Å². The highest BCUT2D eigenvalue weighted by atomic mass is 19.4. The van der Waals surface area contributed by atoms with Crippen molar-refractivity contribution < 1.29 is 27.6 Å². The van der Waals surface area contributed by atoms with Gasteiger partial charge >= 0.3 is 12.2 Å². The Morgan fingerprint density at radius 2 is 1.97 bits per heavy atom. The van der Waals surface area contributed by atoms with Gasteiger partial charge in [-0.1, -0.05) is 18.2 Å². The Morgan fingerprint density at radius 1 is 1.28 bits per heavy atom. The maximum absolute atomic E-state index is 13.5. The van der Waals surface area contributed by atoms with Crippen molar-refractivity contribution in [2.45, 2.75) is 25.6 Å². The fraction of sp³-hybridized carbons (Fsp3) is 0.421. The summed E-state index contributed by atoms with van der Waals surface area (Å²) in [5.74, 6) is -0.743. The van der Waals surface area contributed by atoms with Gasteiger partial charge in [0, 0.05) is 26.6 Å². The minimum absolute atomic E-state index is 0.0557. The average Bonchev–Trinajstić information content (AvgIpc) is 3.01. The van der Waals surface area contributed by atoms with E-state index in [4.69, 9.17) is 0 Å². The first-order valence-corrected chi connectivity index (χ1v) is 9.16. The standard InChI is InChI=1S/C19H21F3N4O3/c1-3-26-13-10-25(9-8-14(27)23-2)17(28)15(13)16(24-18(26)29)11-6-4-5-7-12(11)19(20,21)22/h4-7,16H,3,8-10H2,1-2H3,(H,23,27)(H,24,29)/t16-/m1/s1. The third kappa shape index (κ3) is 3.79. The molecule has 0 fully saturated rings. The van der Waals surface area contributed by atoms with E-state index in [1.807, 2.05) is 0 Å². The molecule has 3 rings (SSSR count). The molecule has 2 aliphatic heterocycles. The molecule has 2 N–H and O–H groups in total. The number of alkyl halides is 3. The SMILES string of the molecule is CCN1C(=O)N[C@H](c2ccccc2C(F)(F)F)C2=C1CN(CCC(=O)NC)C2=O. The van der Waals surface area contributed by atoms with Gasteiger partial charge in [0.25, 0.3) is 5.91 Å². The van der Waals surface area contributed by atoms with Crippen LogP contribution in [0.15, 0.2) is 35.5 Å². The van der Waals surface area contributed by atoms with Gasteiger partial charge in [-0.3, -0.25) is 14.5 Å². The molecule has 7 nitrogen and oxygen atoms in total. The van der Waals surface area contributed by atoms with Gasteiger partial charge in [-0.25, -0.2) is 4.79 Å². The second kappa shape index (κ2) is 7.76. The maximum Gasteiger partial charge on any atom is 0.416 e. The second-order valence-electron chi connectivity index (χ2n) is 6.72. The third-order valence-corrected chi connectivity index (χ3v) is 5.08. The van der Waals surface area contributed by atoms with Crippen molar-refractivity contribution in [3.63, 3.8) is 0 Å². The highest BCUT2D eigenvalue weighted by Crippen LogP contribution is 2.41. The molecule has 1 aromatic rings. The number of hydrogen-bond donors (Lipinski definition) is 2. The minimum atomic E-state index is -4.63. The van der Waals surface area contributed by atoms with Gasteiger partial charge in [-0.15, -0.1) is 0 Å². The van der Waals surface area contributed by atoms with Crippen molar-refractivity contribution in [2.24, 2.45) is 0 Å². The van der Waals surface area contributed by atoms with Gasteiger partial charge in [-0.05, 0) is 18.6 Å². The van der Waals surface area contributed by atoms with Crippen molar-refractivity contribution in [1.82, 2.24) is 20.4 Å². The van der Waals surface area contributed by atoms with Gasteiger partial charge in [0.15, 0.2) is 0 Å². The molecule has 156 valence electrons. The summed E-state index contributed by atoms with van der Waals surface area (Å²) >= 11 is 0. The molecular formula is C19H21F3N4O3. The zero-order valence-corrected chi connectivity index (χ0v) is 16.0. The van der Waals surface area contributed by atoms with Crippen LogP contribution in [-0.2, 0) is 15.8 Å². The van der Waals surface area contributed by atoms with Crippen LogP contribution < -0.4 is 10.6 Å². The molecule has 1 aromatic carbocycles. The summed E-state index contributed by atoms with van der Waals surface area (Å²) in [5.41, 5.74) is -0.600. The van der Waals surface area contributed by atoms with Crippen LogP contribution in [0, 0.1) is 0 Å². The molecule has 0 aromatic heterocycles. The predicted molar refractivity (Wildman–Crippen MR) is 97.4 cm³/mol. The lowest BCUT2D eigenvalue weighted by Crippen LogP contribution is -2.47. The number of halogens is 3. The lowest BCUT2D eigenvalue weighted by atomic mass is 9.91. The predicted octanol–water partition coefficient (Wildman–Crippen LogP) is 2.02. The van der Waals surface area contributed by atoms with Crippen molar-refractivity contribution >= 4 is 17.8 Å². The quantitative estimate of drug-likeness (QED) is 0.779. The number of benzene rings is 1. The molecular weight excluding hydrogens is 389 g/mol. The van der Waals surface area contributed by atoms with Crippen molar-refractivity contribution in [2.75, 3.05) is 26.7 Å². The molecule has 0 aliphatic carbocycles. The number of hydrogen-bond acceptors (Lipinski definition) is 3. The molecule has 0 radical (unpaired) electrons. The number of likely N-dealkylation sites (N-methyl/N-ethyl adjacent to an activating group) is 1. The summed E-state index contributed by atoms with van der Waals surface area (Å²) in [6.45, 7) is 2.14. The Labute approximate surface area is 165 Å². The van der Waals surface area contributed by atoms with E-state index in [-0.39, 0.29) is 43.1 Å². The van der Waals surface area contributed by atoms with Crippen LogP contribution in [0.25, 0.3) is 0 Å². The first-order valence-electron chi connectivity index (χ1n) is 9.16. The molecule has 0 bridgehead atoms. The van der Waals surface area contributed by atoms with E-state index in [2.05, 4.69) is 10.6 Å². The number of urea groups is 1. The molecule has 1 atom stereocenters. The first-order chi connectivity index (χ1) is 13.7. The van der Waals surface area contributed by atoms with E-state index in [1.165, 1.54) is 35.0 Å². The van der Waals surface area contributed by atoms with E-state index in [9.17, 15) is 27.6 Å². The van der Waals surface area contributed by atoms with Crippen LogP contribution in [0.2, 0.25) is 0 Å². The van der Waals surface area contributed by atoms with Crippen LogP contribution in [0.5, 0.6) is 0 Å². The lowest BCUT2D eigenvalue weighted by molar-refractivity contribution is -0.138. The molecule has 0 saturated carbocycles. The third-order valence-electron chi connectivity index (χ3n) is 5.08. The molecule has 4 amide bonds. The van der Waals surface area contributed by atoms with Gasteiger partial charge in [0.05, 0.1) is 29.4 Å². The maximum atomic E-state index is 13.5. The Kier molecular flexibility index (Phi) is 5.54. The number of carbonyl (C=O) groups is 3. The highest BCUT2D eigenvalue weighted by Gasteiger charge is 2.46. The van der Waals surface area contributed by atoms with Gasteiger partial charge < -0.3 is 15.5 Å². The fourth-order valence-corrected chi connectivity index (χ4v) is 3.67. The fourth-order valence-electron chi connectivity index (χ4n) is 3.67. The van der Waals surface area contributed by atoms with E-state index in [0.29, 0.717) is 5.70 Å². The zero-order chi connectivity index (χ0) is 21.3. The number of nitrogens with one attached hydrogen (secondary N) is 2. The Morgan fingerprint density at radius 3 is 2.59 bits per heavy atom. The number of amides is 4. The number of nitrogens with zero attached hydrogens (tertiary/aromatic N) is 2. The van der Waals surface area contributed by atoms with Crippen LogP contribution in [0.4, 0.5) is 18.0 Å². The Balaban J connectivity index is 2.02. The molecule has 2 aliphatic rings. The lowest BCUT2D eigenvalue weighted by Gasteiger charge is -2.33. The van der Waals surface area contributed by atoms with E-state index in [1.54, 1.807) is 6.92 Å². The van der Waals surface area contributed by atoms with Gasteiger partial charge in [0.1, 0.15) is 0 Å². The van der Waals surface area contributed by atoms with Crippen molar-refractivity contribution in [3.8, 4) is 0 Å². The van der Waals surface area contributed by atoms with Crippen LogP contribution in [0.3, 0.4) is 0 Å². The summed E-state index contributed by atoms with van der Waals surface area (Å²) in [5, 5.41) is 5.01. The molecule has 0 spiro atoms. The first kappa shape index (κ1) is 20.7. The Hall–Kier alpha value is -3.04. The smallest absolute Gasteiger partial charge is 0.359 e. The van der Waals surface area contributed by atoms with E-state index in [0.717, 1.165) is 6.07 Å². The summed E-state index contributed by atoms with van der Waals surface area (Å²) < 4.78 is 40.6. The van der Waals surface area contributed by atoms with Gasteiger partial charge in [-0.2, -0.15) is 13.2 Å². The Bertz CT molecular complexity index is 882. The van der Waals surface area contributed by atoms with Crippen LogP contribution in [-0.4, -0.2) is 54.3 Å².